The van der Waals surface area contributed by atoms with Gasteiger partial charge in [0.05, 0.1) is 18.6 Å². The van der Waals surface area contributed by atoms with Crippen LogP contribution in [0.4, 0.5) is 0 Å². The average molecular weight is 583 g/mol. The fourth-order valence-electron chi connectivity index (χ4n) is 5.45. The molecule has 3 atom stereocenters. The van der Waals surface area contributed by atoms with Gasteiger partial charge in [0.25, 0.3) is 0 Å². The van der Waals surface area contributed by atoms with Gasteiger partial charge in [0, 0.05) is 43.2 Å². The molecule has 0 spiro atoms. The molecule has 3 rings (SSSR count). The minimum Gasteiger partial charge on any atom is -0.497 e. The van der Waals surface area contributed by atoms with Crippen LogP contribution in [0.25, 0.3) is 0 Å². The number of rotatable bonds is 16. The zero-order valence-corrected chi connectivity index (χ0v) is 24.9. The molecular formula is C31H42N4O5S. The number of nitrogens with one attached hydrogen (secondary N) is 1. The number of thiophene rings is 1. The lowest BCUT2D eigenvalue weighted by Crippen LogP contribution is -2.52. The number of benzene rings is 1. The van der Waals surface area contributed by atoms with Crippen LogP contribution in [0.5, 0.6) is 5.75 Å². The molecule has 0 aliphatic heterocycles. The number of aliphatic hydroxyl groups is 1. The molecule has 1 aliphatic carbocycles. The van der Waals surface area contributed by atoms with Gasteiger partial charge >= 0.3 is 0 Å². The molecule has 1 aromatic carbocycles. The summed E-state index contributed by atoms with van der Waals surface area (Å²) in [6.07, 6.45) is 3.69. The summed E-state index contributed by atoms with van der Waals surface area (Å²) in [6, 6.07) is 9.51. The van der Waals surface area contributed by atoms with Crippen LogP contribution in [-0.4, -0.2) is 60.6 Å². The van der Waals surface area contributed by atoms with E-state index in [-0.39, 0.29) is 30.0 Å². The Kier molecular flexibility index (Phi) is 11.7. The van der Waals surface area contributed by atoms with Crippen LogP contribution >= 0.6 is 11.3 Å². The minimum atomic E-state index is -1.52. The largest absolute Gasteiger partial charge is 0.497 e. The molecule has 10 heteroatoms. The molecular weight excluding hydrogens is 540 g/mol. The molecule has 222 valence electrons. The van der Waals surface area contributed by atoms with Crippen molar-refractivity contribution >= 4 is 29.1 Å². The lowest BCUT2D eigenvalue weighted by Gasteiger charge is -2.41. The summed E-state index contributed by atoms with van der Waals surface area (Å²) < 4.78 is 5.30. The number of carbonyl (C=O) groups excluding carboxylic acids is 3. The molecule has 3 amide bonds. The number of aliphatic hydroxyl groups excluding tert-OH is 1. The van der Waals surface area contributed by atoms with Crippen LogP contribution in [0.2, 0.25) is 0 Å². The molecule has 1 heterocycles. The van der Waals surface area contributed by atoms with Crippen LogP contribution in [0.3, 0.4) is 0 Å². The number of primary amides is 2. The first-order valence-electron chi connectivity index (χ1n) is 14.0. The first-order valence-corrected chi connectivity index (χ1v) is 14.9. The summed E-state index contributed by atoms with van der Waals surface area (Å²) >= 11 is 1.50. The van der Waals surface area contributed by atoms with Gasteiger partial charge in [-0.05, 0) is 71.8 Å². The lowest BCUT2D eigenvalue weighted by molar-refractivity contribution is -0.132. The standard InChI is InChI=1S/C31H42N4O5S/c1-4-10-35(11-5-2)29(38)24-15-23(28(32)37)16-31(17-24,30(33)39)26(14-22-9-12-41-20-22)27(36)19-34-18-21-7-6-8-25(13-21)40-3/h6-9,12-13,15-16,20,26-27,34,36H,4-5,10-11,14,17-19H2,1-3H3,(H2,32,37)(H2,33,39)/t26-,27+,31?/m1/s1. The number of hydrogen-bond donors (Lipinski definition) is 4. The molecule has 0 saturated carbocycles. The fourth-order valence-corrected chi connectivity index (χ4v) is 6.14. The predicted molar refractivity (Wildman–Crippen MR) is 161 cm³/mol. The average Bonchev–Trinajstić information content (AvgIpc) is 3.48. The third-order valence-electron chi connectivity index (χ3n) is 7.50. The van der Waals surface area contributed by atoms with Gasteiger partial charge in [-0.2, -0.15) is 11.3 Å². The van der Waals surface area contributed by atoms with E-state index in [4.69, 9.17) is 16.2 Å². The lowest BCUT2D eigenvalue weighted by atomic mass is 9.63. The first kappa shape index (κ1) is 32.0. The number of carbonyl (C=O) groups is 3. The summed E-state index contributed by atoms with van der Waals surface area (Å²) in [4.78, 5) is 41.3. The smallest absolute Gasteiger partial charge is 0.249 e. The van der Waals surface area contributed by atoms with E-state index in [2.05, 4.69) is 5.32 Å². The molecule has 0 bridgehead atoms. The van der Waals surface area contributed by atoms with Crippen molar-refractivity contribution in [3.8, 4) is 5.75 Å². The van der Waals surface area contributed by atoms with Crippen LogP contribution in [-0.2, 0) is 27.3 Å². The van der Waals surface area contributed by atoms with E-state index in [1.165, 1.54) is 23.5 Å². The van der Waals surface area contributed by atoms with Crippen LogP contribution in [0.15, 0.2) is 64.4 Å². The molecule has 0 fully saturated rings. The van der Waals surface area contributed by atoms with Gasteiger partial charge in [-0.25, -0.2) is 0 Å². The fraction of sp³-hybridized carbons (Fsp3) is 0.452. The number of nitrogens with zero attached hydrogens (tertiary/aromatic N) is 1. The van der Waals surface area contributed by atoms with E-state index in [0.29, 0.717) is 26.1 Å². The van der Waals surface area contributed by atoms with Gasteiger partial charge in [0.15, 0.2) is 0 Å². The molecule has 1 unspecified atom stereocenters. The molecule has 0 saturated heterocycles. The Morgan fingerprint density at radius 3 is 2.46 bits per heavy atom. The third kappa shape index (κ3) is 8.06. The monoisotopic (exact) mass is 582 g/mol. The molecule has 1 aromatic heterocycles. The Bertz CT molecular complexity index is 1250. The highest BCUT2D eigenvalue weighted by Crippen LogP contribution is 2.44. The second-order valence-electron chi connectivity index (χ2n) is 10.5. The highest BCUT2D eigenvalue weighted by Gasteiger charge is 2.49. The van der Waals surface area contributed by atoms with Crippen LogP contribution in [0, 0.1) is 11.3 Å². The van der Waals surface area contributed by atoms with E-state index in [1.807, 2.05) is 54.9 Å². The van der Waals surface area contributed by atoms with E-state index in [9.17, 15) is 19.5 Å². The summed E-state index contributed by atoms with van der Waals surface area (Å²) in [5.41, 5.74) is 12.5. The summed E-state index contributed by atoms with van der Waals surface area (Å²) in [5, 5.41) is 18.8. The SMILES string of the molecule is CCCN(CCC)C(=O)C1=CC(C(N)=O)=CC(C(N)=O)([C@H](Cc2ccsc2)[C@@H](O)CNCc2cccc(OC)c2)C1. The predicted octanol–water partition coefficient (Wildman–Crippen LogP) is 2.93. The van der Waals surface area contributed by atoms with E-state index in [1.54, 1.807) is 12.0 Å². The van der Waals surface area contributed by atoms with Gasteiger partial charge in [0.1, 0.15) is 5.75 Å². The Balaban J connectivity index is 1.98. The number of nitrogens with two attached hydrogens (primary N) is 2. The van der Waals surface area contributed by atoms with Crippen molar-refractivity contribution in [1.82, 2.24) is 10.2 Å². The maximum Gasteiger partial charge on any atom is 0.249 e. The second kappa shape index (κ2) is 15.0. The van der Waals surface area contributed by atoms with Crippen molar-refractivity contribution < 1.29 is 24.2 Å². The molecule has 6 N–H and O–H groups in total. The van der Waals surface area contributed by atoms with Crippen LogP contribution in [0.1, 0.15) is 44.2 Å². The number of ether oxygens (including phenoxy) is 1. The van der Waals surface area contributed by atoms with Crippen molar-refractivity contribution in [3.63, 3.8) is 0 Å². The minimum absolute atomic E-state index is 0.0381. The number of methoxy groups -OCH3 is 1. The molecule has 9 nitrogen and oxygen atoms in total. The number of amides is 3. The summed E-state index contributed by atoms with van der Waals surface area (Å²) in [6.45, 7) is 5.65. The third-order valence-corrected chi connectivity index (χ3v) is 8.23. The van der Waals surface area contributed by atoms with E-state index in [0.717, 1.165) is 29.7 Å². The Hall–Kier alpha value is -3.47. The van der Waals surface area contributed by atoms with E-state index < -0.39 is 29.3 Å². The molecule has 0 radical (unpaired) electrons. The first-order chi connectivity index (χ1) is 19.6. The topological polar surface area (TPSA) is 148 Å². The van der Waals surface area contributed by atoms with Crippen molar-refractivity contribution in [1.29, 1.82) is 0 Å². The number of hydrogen-bond acceptors (Lipinski definition) is 7. The Morgan fingerprint density at radius 1 is 1.15 bits per heavy atom. The van der Waals surface area contributed by atoms with Gasteiger partial charge in [0.2, 0.25) is 17.7 Å². The highest BCUT2D eigenvalue weighted by molar-refractivity contribution is 7.07. The van der Waals surface area contributed by atoms with Gasteiger partial charge < -0.3 is 31.5 Å². The molecule has 1 aliphatic rings. The van der Waals surface area contributed by atoms with Crippen molar-refractivity contribution in [2.75, 3.05) is 26.7 Å². The van der Waals surface area contributed by atoms with Crippen molar-refractivity contribution in [2.45, 2.75) is 52.2 Å². The van der Waals surface area contributed by atoms with Crippen LogP contribution < -0.4 is 21.5 Å². The summed E-state index contributed by atoms with van der Waals surface area (Å²) in [7, 11) is 1.60. The van der Waals surface area contributed by atoms with Gasteiger partial charge in [-0.15, -0.1) is 0 Å². The summed E-state index contributed by atoms with van der Waals surface area (Å²) in [5.74, 6) is -1.77. The van der Waals surface area contributed by atoms with Crippen molar-refractivity contribution in [3.05, 3.63) is 75.5 Å². The van der Waals surface area contributed by atoms with E-state index >= 15 is 0 Å². The maximum atomic E-state index is 13.7. The Morgan fingerprint density at radius 2 is 1.88 bits per heavy atom. The van der Waals surface area contributed by atoms with Gasteiger partial charge in [-0.3, -0.25) is 14.4 Å². The maximum absolute atomic E-state index is 13.7. The molecule has 2 aromatic rings. The zero-order valence-electron chi connectivity index (χ0n) is 24.1. The normalized spacial score (nSPS) is 18.1. The van der Waals surface area contributed by atoms with Crippen molar-refractivity contribution in [2.24, 2.45) is 22.8 Å². The highest BCUT2D eigenvalue weighted by atomic mass is 32.1. The zero-order chi connectivity index (χ0) is 30.0. The quantitative estimate of drug-likeness (QED) is 0.239. The van der Waals surface area contributed by atoms with Gasteiger partial charge in [-0.1, -0.05) is 32.1 Å². The molecule has 41 heavy (non-hydrogen) atoms. The Labute approximate surface area is 246 Å². The second-order valence-corrected chi connectivity index (χ2v) is 11.3.